The summed E-state index contributed by atoms with van der Waals surface area (Å²) in [7, 11) is 0. The summed E-state index contributed by atoms with van der Waals surface area (Å²) in [5, 5.41) is 7.79. The average molecular weight is 480 g/mol. The van der Waals surface area contributed by atoms with Gasteiger partial charge >= 0.3 is 0 Å². The summed E-state index contributed by atoms with van der Waals surface area (Å²) in [5.74, 6) is -4.17. The third-order valence-corrected chi connectivity index (χ3v) is 5.34. The normalized spacial score (nSPS) is 14.5. The number of fused-ring (bicyclic) bond motifs is 1. The number of carbonyl (C=O) groups excluding carboxylic acids is 3. The van der Waals surface area contributed by atoms with Crippen molar-refractivity contribution in [3.05, 3.63) is 106 Å². The van der Waals surface area contributed by atoms with Crippen molar-refractivity contribution in [1.29, 1.82) is 0 Å². The van der Waals surface area contributed by atoms with Crippen LogP contribution in [0.1, 0.15) is 37.9 Å². The third-order valence-electron chi connectivity index (χ3n) is 5.34. The summed E-state index contributed by atoms with van der Waals surface area (Å²) in [6.07, 6.45) is 2.57. The van der Waals surface area contributed by atoms with Crippen LogP contribution in [-0.4, -0.2) is 17.7 Å². The van der Waals surface area contributed by atoms with Gasteiger partial charge in [0.1, 0.15) is 5.82 Å². The molecule has 1 atom stereocenters. The maximum Gasteiger partial charge on any atom is 0.255 e. The number of carbonyl (C=O) groups is 3. The van der Waals surface area contributed by atoms with Gasteiger partial charge in [0.05, 0.1) is 17.4 Å². The molecule has 178 valence electrons. The lowest BCUT2D eigenvalue weighted by atomic mass is 10.0. The molecule has 4 rings (SSSR count). The smallest absolute Gasteiger partial charge is 0.255 e. The summed E-state index contributed by atoms with van der Waals surface area (Å²) < 4.78 is 40.1. The van der Waals surface area contributed by atoms with Gasteiger partial charge in [-0.25, -0.2) is 13.2 Å². The van der Waals surface area contributed by atoms with E-state index in [0.717, 1.165) is 18.2 Å². The molecule has 5 N–H and O–H groups in total. The average Bonchev–Trinajstić information content (AvgIpc) is 3.13. The van der Waals surface area contributed by atoms with Gasteiger partial charge < -0.3 is 21.7 Å². The fourth-order valence-corrected chi connectivity index (χ4v) is 3.51. The SMILES string of the molecule is Nc1cc(F)ccc1NC(=O)c1ccc(CNC(=O)C=CC2NC(=O)c3cc(F)c(F)cc32)cc1. The van der Waals surface area contributed by atoms with Crippen molar-refractivity contribution >= 4 is 29.1 Å². The first-order chi connectivity index (χ1) is 16.7. The fraction of sp³-hybridized carbons (Fsp3) is 0.0800. The van der Waals surface area contributed by atoms with E-state index in [9.17, 15) is 27.6 Å². The van der Waals surface area contributed by atoms with E-state index >= 15 is 0 Å². The standard InChI is InChI=1S/C25H19F3N4O3/c26-15-5-6-22(20(29)9-15)32-24(34)14-3-1-13(2-4-14)12-30-23(33)8-7-21-16-10-18(27)19(28)11-17(16)25(35)31-21/h1-11,21H,12,29H2,(H,30,33)(H,31,35)(H,32,34). The van der Waals surface area contributed by atoms with Gasteiger partial charge in [0.15, 0.2) is 11.6 Å². The number of amides is 3. The van der Waals surface area contributed by atoms with Crippen LogP contribution in [0.5, 0.6) is 0 Å². The van der Waals surface area contributed by atoms with Crippen LogP contribution in [0.2, 0.25) is 0 Å². The van der Waals surface area contributed by atoms with Gasteiger partial charge in [0, 0.05) is 23.7 Å². The fourth-order valence-electron chi connectivity index (χ4n) is 3.51. The van der Waals surface area contributed by atoms with Crippen LogP contribution in [0.4, 0.5) is 24.5 Å². The second kappa shape index (κ2) is 9.72. The van der Waals surface area contributed by atoms with Crippen molar-refractivity contribution in [2.24, 2.45) is 0 Å². The van der Waals surface area contributed by atoms with E-state index in [1.165, 1.54) is 24.3 Å². The number of benzene rings is 3. The van der Waals surface area contributed by atoms with Crippen LogP contribution in [0.15, 0.2) is 66.7 Å². The minimum atomic E-state index is -1.12. The molecule has 0 spiro atoms. The van der Waals surface area contributed by atoms with Gasteiger partial charge in [-0.3, -0.25) is 14.4 Å². The van der Waals surface area contributed by atoms with E-state index in [1.54, 1.807) is 24.3 Å². The summed E-state index contributed by atoms with van der Waals surface area (Å²) in [6.45, 7) is 0.156. The van der Waals surface area contributed by atoms with Gasteiger partial charge in [0.25, 0.3) is 11.8 Å². The Hall–Kier alpha value is -4.60. The molecular formula is C25H19F3N4O3. The van der Waals surface area contributed by atoms with Crippen LogP contribution in [0.25, 0.3) is 0 Å². The minimum absolute atomic E-state index is 0.0187. The molecule has 0 radical (unpaired) electrons. The number of halogens is 3. The molecule has 7 nitrogen and oxygen atoms in total. The highest BCUT2D eigenvalue weighted by molar-refractivity contribution is 6.05. The van der Waals surface area contributed by atoms with Crippen LogP contribution in [0, 0.1) is 17.5 Å². The van der Waals surface area contributed by atoms with E-state index in [0.29, 0.717) is 11.1 Å². The third kappa shape index (κ3) is 5.32. The van der Waals surface area contributed by atoms with E-state index in [4.69, 9.17) is 5.73 Å². The zero-order valence-electron chi connectivity index (χ0n) is 18.1. The Bertz CT molecular complexity index is 1360. The molecule has 35 heavy (non-hydrogen) atoms. The number of nitrogens with two attached hydrogens (primary N) is 1. The second-order valence-corrected chi connectivity index (χ2v) is 7.76. The zero-order valence-corrected chi connectivity index (χ0v) is 18.1. The van der Waals surface area contributed by atoms with Crippen molar-refractivity contribution in [2.75, 3.05) is 11.1 Å². The lowest BCUT2D eigenvalue weighted by Gasteiger charge is -2.09. The number of hydrogen-bond donors (Lipinski definition) is 4. The molecule has 3 aromatic carbocycles. The maximum absolute atomic E-state index is 13.5. The van der Waals surface area contributed by atoms with E-state index in [1.807, 2.05) is 0 Å². The molecule has 1 aliphatic heterocycles. The summed E-state index contributed by atoms with van der Waals surface area (Å²) in [4.78, 5) is 36.5. The molecule has 3 amide bonds. The first kappa shape index (κ1) is 23.6. The van der Waals surface area contributed by atoms with Gasteiger partial charge in [-0.05, 0) is 53.6 Å². The molecule has 0 saturated heterocycles. The number of hydrogen-bond acceptors (Lipinski definition) is 4. The molecule has 0 fully saturated rings. The van der Waals surface area contributed by atoms with E-state index in [-0.39, 0.29) is 29.0 Å². The zero-order chi connectivity index (χ0) is 25.1. The highest BCUT2D eigenvalue weighted by Gasteiger charge is 2.28. The Morgan fingerprint density at radius 1 is 1.00 bits per heavy atom. The van der Waals surface area contributed by atoms with Crippen LogP contribution < -0.4 is 21.7 Å². The van der Waals surface area contributed by atoms with Gasteiger partial charge in [-0.15, -0.1) is 0 Å². The Balaban J connectivity index is 1.32. The van der Waals surface area contributed by atoms with Crippen molar-refractivity contribution in [1.82, 2.24) is 10.6 Å². The quantitative estimate of drug-likeness (QED) is 0.319. The molecule has 10 heteroatoms. The molecule has 0 saturated carbocycles. The Kier molecular flexibility index (Phi) is 6.54. The summed E-state index contributed by atoms with van der Waals surface area (Å²) >= 11 is 0. The monoisotopic (exact) mass is 480 g/mol. The number of rotatable bonds is 6. The number of nitrogen functional groups attached to an aromatic ring is 1. The molecule has 0 bridgehead atoms. The van der Waals surface area contributed by atoms with Crippen molar-refractivity contribution < 1.29 is 27.6 Å². The molecule has 1 heterocycles. The van der Waals surface area contributed by atoms with E-state index in [2.05, 4.69) is 16.0 Å². The molecule has 0 aliphatic carbocycles. The summed E-state index contributed by atoms with van der Waals surface area (Å²) in [6, 6.07) is 11.1. The van der Waals surface area contributed by atoms with E-state index < -0.39 is 41.2 Å². The Labute approximate surface area is 197 Å². The lowest BCUT2D eigenvalue weighted by Crippen LogP contribution is -2.22. The maximum atomic E-state index is 13.5. The van der Waals surface area contributed by atoms with Gasteiger partial charge in [0.2, 0.25) is 5.91 Å². The summed E-state index contributed by atoms with van der Waals surface area (Å²) in [5.41, 5.74) is 7.39. The Morgan fingerprint density at radius 2 is 1.71 bits per heavy atom. The molecule has 3 aromatic rings. The largest absolute Gasteiger partial charge is 0.397 e. The Morgan fingerprint density at radius 3 is 2.43 bits per heavy atom. The highest BCUT2D eigenvalue weighted by atomic mass is 19.2. The van der Waals surface area contributed by atoms with Crippen LogP contribution in [-0.2, 0) is 11.3 Å². The van der Waals surface area contributed by atoms with Crippen LogP contribution in [0.3, 0.4) is 0 Å². The second-order valence-electron chi connectivity index (χ2n) is 7.76. The van der Waals surface area contributed by atoms with Crippen molar-refractivity contribution in [3.8, 4) is 0 Å². The number of anilines is 2. The van der Waals surface area contributed by atoms with Crippen LogP contribution >= 0.6 is 0 Å². The molecular weight excluding hydrogens is 461 g/mol. The minimum Gasteiger partial charge on any atom is -0.397 e. The molecule has 1 aliphatic rings. The van der Waals surface area contributed by atoms with Crippen molar-refractivity contribution in [3.63, 3.8) is 0 Å². The predicted molar refractivity (Wildman–Crippen MR) is 123 cm³/mol. The lowest BCUT2D eigenvalue weighted by molar-refractivity contribution is -0.116. The number of nitrogens with one attached hydrogen (secondary N) is 3. The first-order valence-electron chi connectivity index (χ1n) is 10.4. The molecule has 1 unspecified atom stereocenters. The highest BCUT2D eigenvalue weighted by Crippen LogP contribution is 2.28. The van der Waals surface area contributed by atoms with Gasteiger partial charge in [-0.1, -0.05) is 18.2 Å². The first-order valence-corrected chi connectivity index (χ1v) is 10.4. The molecule has 0 aromatic heterocycles. The van der Waals surface area contributed by atoms with Crippen molar-refractivity contribution in [2.45, 2.75) is 12.6 Å². The predicted octanol–water partition coefficient (Wildman–Crippen LogP) is 3.60. The van der Waals surface area contributed by atoms with Gasteiger partial charge in [-0.2, -0.15) is 0 Å². The topological polar surface area (TPSA) is 113 Å².